The molecule has 0 fully saturated rings. The van der Waals surface area contributed by atoms with Gasteiger partial charge in [-0.25, -0.2) is 4.68 Å². The second-order valence-electron chi connectivity index (χ2n) is 4.78. The summed E-state index contributed by atoms with van der Waals surface area (Å²) in [5.41, 5.74) is 8.95. The molecule has 5 nitrogen and oxygen atoms in total. The van der Waals surface area contributed by atoms with Crippen LogP contribution in [0.1, 0.15) is 29.8 Å². The Kier molecular flexibility index (Phi) is 3.28. The third kappa shape index (κ3) is 2.50. The van der Waals surface area contributed by atoms with Gasteiger partial charge in [0.25, 0.3) is 0 Å². The van der Waals surface area contributed by atoms with E-state index < -0.39 is 0 Å². The average Bonchev–Trinajstić information content (AvgIpc) is 2.96. The van der Waals surface area contributed by atoms with Crippen LogP contribution in [-0.2, 0) is 13.0 Å². The fourth-order valence-corrected chi connectivity index (χ4v) is 2.79. The highest BCUT2D eigenvalue weighted by Crippen LogP contribution is 2.33. The molecule has 1 aliphatic rings. The van der Waals surface area contributed by atoms with Crippen molar-refractivity contribution in [2.75, 3.05) is 6.61 Å². The number of hydrogen-bond donors (Lipinski definition) is 1. The summed E-state index contributed by atoms with van der Waals surface area (Å²) < 4.78 is 8.57. The van der Waals surface area contributed by atoms with Crippen molar-refractivity contribution in [3.8, 4) is 5.75 Å². The molecule has 0 saturated carbocycles. The van der Waals surface area contributed by atoms with Gasteiger partial charge >= 0.3 is 0 Å². The van der Waals surface area contributed by atoms with E-state index in [0.717, 1.165) is 34.5 Å². The summed E-state index contributed by atoms with van der Waals surface area (Å²) in [6, 6.07) is 4.08. The van der Waals surface area contributed by atoms with Crippen molar-refractivity contribution >= 4 is 15.9 Å². The average molecular weight is 323 g/mol. The minimum atomic E-state index is -0.0989. The molecule has 3 rings (SSSR count). The molecular formula is C13H15BrN4O. The monoisotopic (exact) mass is 322 g/mol. The van der Waals surface area contributed by atoms with Gasteiger partial charge in [-0.15, -0.1) is 5.10 Å². The van der Waals surface area contributed by atoms with Gasteiger partial charge in [-0.3, -0.25) is 0 Å². The van der Waals surface area contributed by atoms with Gasteiger partial charge in [-0.05, 0) is 24.6 Å². The van der Waals surface area contributed by atoms with Crippen LogP contribution >= 0.6 is 15.9 Å². The van der Waals surface area contributed by atoms with Crippen molar-refractivity contribution in [1.29, 1.82) is 0 Å². The zero-order valence-electron chi connectivity index (χ0n) is 10.6. The molecule has 2 heterocycles. The minimum absolute atomic E-state index is 0.0989. The molecule has 1 aliphatic heterocycles. The highest BCUT2D eigenvalue weighted by atomic mass is 79.9. The number of rotatable bonds is 3. The Labute approximate surface area is 119 Å². The fraction of sp³-hybridized carbons (Fsp3) is 0.385. The highest BCUT2D eigenvalue weighted by Gasteiger charge is 2.18. The predicted molar refractivity (Wildman–Crippen MR) is 75.1 cm³/mol. The molecule has 1 aromatic heterocycles. The molecule has 0 aliphatic carbocycles. The van der Waals surface area contributed by atoms with Gasteiger partial charge in [-0.1, -0.05) is 21.1 Å². The van der Waals surface area contributed by atoms with E-state index in [1.165, 1.54) is 5.56 Å². The lowest BCUT2D eigenvalue weighted by molar-refractivity contribution is 0.352. The Morgan fingerprint density at radius 2 is 2.37 bits per heavy atom. The Bertz CT molecular complexity index is 609. The van der Waals surface area contributed by atoms with Crippen LogP contribution in [0.4, 0.5) is 0 Å². The predicted octanol–water partition coefficient (Wildman–Crippen LogP) is 2.04. The Morgan fingerprint density at radius 1 is 1.53 bits per heavy atom. The van der Waals surface area contributed by atoms with E-state index in [-0.39, 0.29) is 6.04 Å². The van der Waals surface area contributed by atoms with Crippen LogP contribution in [0, 0.1) is 0 Å². The van der Waals surface area contributed by atoms with E-state index in [0.29, 0.717) is 6.54 Å². The lowest BCUT2D eigenvalue weighted by Crippen LogP contribution is -2.05. The number of aromatic nitrogens is 3. The molecule has 100 valence electrons. The van der Waals surface area contributed by atoms with Gasteiger partial charge in [0.15, 0.2) is 0 Å². The number of ether oxygens (including phenoxy) is 1. The van der Waals surface area contributed by atoms with Crippen LogP contribution in [0.2, 0.25) is 0 Å². The van der Waals surface area contributed by atoms with Crippen LogP contribution in [0.15, 0.2) is 22.8 Å². The highest BCUT2D eigenvalue weighted by molar-refractivity contribution is 9.10. The van der Waals surface area contributed by atoms with Gasteiger partial charge in [-0.2, -0.15) is 0 Å². The van der Waals surface area contributed by atoms with Crippen molar-refractivity contribution in [2.24, 2.45) is 5.73 Å². The van der Waals surface area contributed by atoms with Gasteiger partial charge in [0.1, 0.15) is 5.75 Å². The van der Waals surface area contributed by atoms with E-state index in [9.17, 15) is 0 Å². The van der Waals surface area contributed by atoms with E-state index in [2.05, 4.69) is 38.4 Å². The number of benzene rings is 1. The molecule has 1 unspecified atom stereocenters. The van der Waals surface area contributed by atoms with E-state index in [1.54, 1.807) is 4.68 Å². The van der Waals surface area contributed by atoms with Crippen molar-refractivity contribution in [2.45, 2.75) is 25.9 Å². The lowest BCUT2D eigenvalue weighted by atomic mass is 10.1. The molecule has 2 aromatic rings. The van der Waals surface area contributed by atoms with Gasteiger partial charge in [0.2, 0.25) is 0 Å². The molecule has 6 heteroatoms. The smallest absolute Gasteiger partial charge is 0.127 e. The Hall–Kier alpha value is -1.40. The SMILES string of the molecule is CC(N)c1cn(Cc2cc(Br)cc3c2OCC3)nn1. The summed E-state index contributed by atoms with van der Waals surface area (Å²) in [6.45, 7) is 3.29. The quantitative estimate of drug-likeness (QED) is 0.939. The molecule has 0 bridgehead atoms. The molecular weight excluding hydrogens is 308 g/mol. The number of fused-ring (bicyclic) bond motifs is 1. The van der Waals surface area contributed by atoms with Crippen LogP contribution in [-0.4, -0.2) is 21.6 Å². The summed E-state index contributed by atoms with van der Waals surface area (Å²) in [6.07, 6.45) is 2.84. The van der Waals surface area contributed by atoms with Gasteiger partial charge in [0, 0.05) is 22.5 Å². The van der Waals surface area contributed by atoms with Crippen molar-refractivity contribution < 1.29 is 4.74 Å². The molecule has 1 atom stereocenters. The number of halogens is 1. The summed E-state index contributed by atoms with van der Waals surface area (Å²) >= 11 is 3.54. The zero-order chi connectivity index (χ0) is 13.4. The molecule has 1 aromatic carbocycles. The normalized spacial score (nSPS) is 15.1. The van der Waals surface area contributed by atoms with Crippen molar-refractivity contribution in [1.82, 2.24) is 15.0 Å². The summed E-state index contributed by atoms with van der Waals surface area (Å²) in [7, 11) is 0. The molecule has 19 heavy (non-hydrogen) atoms. The molecule has 0 amide bonds. The molecule has 0 saturated heterocycles. The second-order valence-corrected chi connectivity index (χ2v) is 5.70. The number of hydrogen-bond acceptors (Lipinski definition) is 4. The van der Waals surface area contributed by atoms with E-state index >= 15 is 0 Å². The maximum atomic E-state index is 5.79. The third-order valence-electron chi connectivity index (χ3n) is 3.18. The van der Waals surface area contributed by atoms with Crippen molar-refractivity contribution in [3.63, 3.8) is 0 Å². The maximum absolute atomic E-state index is 5.79. The first-order valence-corrected chi connectivity index (χ1v) is 7.02. The van der Waals surface area contributed by atoms with Crippen LogP contribution < -0.4 is 10.5 Å². The summed E-state index contributed by atoms with van der Waals surface area (Å²) in [5.74, 6) is 0.987. The van der Waals surface area contributed by atoms with Crippen LogP contribution in [0.3, 0.4) is 0 Å². The second kappa shape index (κ2) is 4.94. The summed E-state index contributed by atoms with van der Waals surface area (Å²) in [5, 5.41) is 8.17. The first-order chi connectivity index (χ1) is 9.13. The first-order valence-electron chi connectivity index (χ1n) is 6.23. The topological polar surface area (TPSA) is 66.0 Å². The van der Waals surface area contributed by atoms with E-state index in [4.69, 9.17) is 10.5 Å². The number of nitrogens with zero attached hydrogens (tertiary/aromatic N) is 3. The standard InChI is InChI=1S/C13H15BrN4O/c1-8(15)12-7-18(17-16-12)6-10-5-11(14)4-9-2-3-19-13(9)10/h4-5,7-8H,2-3,6,15H2,1H3. The van der Waals surface area contributed by atoms with Crippen molar-refractivity contribution in [3.05, 3.63) is 39.6 Å². The maximum Gasteiger partial charge on any atom is 0.127 e. The lowest BCUT2D eigenvalue weighted by Gasteiger charge is -2.08. The van der Waals surface area contributed by atoms with Crippen LogP contribution in [0.25, 0.3) is 0 Å². The molecule has 2 N–H and O–H groups in total. The first kappa shape index (κ1) is 12.6. The Balaban J connectivity index is 1.90. The minimum Gasteiger partial charge on any atom is -0.493 e. The fourth-order valence-electron chi connectivity index (χ4n) is 2.24. The van der Waals surface area contributed by atoms with Gasteiger partial charge in [0.05, 0.1) is 25.0 Å². The van der Waals surface area contributed by atoms with E-state index in [1.807, 2.05) is 13.1 Å². The largest absolute Gasteiger partial charge is 0.493 e. The molecule has 0 radical (unpaired) electrons. The number of nitrogens with two attached hydrogens (primary N) is 1. The summed E-state index contributed by atoms with van der Waals surface area (Å²) in [4.78, 5) is 0. The van der Waals surface area contributed by atoms with Gasteiger partial charge < -0.3 is 10.5 Å². The third-order valence-corrected chi connectivity index (χ3v) is 3.64. The van der Waals surface area contributed by atoms with Crippen LogP contribution in [0.5, 0.6) is 5.75 Å². The molecule has 0 spiro atoms. The Morgan fingerprint density at radius 3 is 3.11 bits per heavy atom. The zero-order valence-corrected chi connectivity index (χ0v) is 12.2.